The zero-order chi connectivity index (χ0) is 14.7. The van der Waals surface area contributed by atoms with Gasteiger partial charge in [-0.3, -0.25) is 0 Å². The van der Waals surface area contributed by atoms with E-state index < -0.39 is 15.4 Å². The van der Waals surface area contributed by atoms with Crippen LogP contribution in [-0.2, 0) is 10.1 Å². The van der Waals surface area contributed by atoms with E-state index >= 15 is 0 Å². The largest absolute Gasteiger partial charge is 1.00 e. The van der Waals surface area contributed by atoms with Crippen molar-refractivity contribution in [2.24, 2.45) is 0 Å². The van der Waals surface area contributed by atoms with Crippen LogP contribution < -0.4 is 29.6 Å². The third-order valence-electron chi connectivity index (χ3n) is 3.42. The third-order valence-corrected chi connectivity index (χ3v) is 4.70. The van der Waals surface area contributed by atoms with Crippen LogP contribution in [0, 0.1) is 0 Å². The fourth-order valence-corrected chi connectivity index (χ4v) is 3.25. The minimum Gasteiger partial charge on any atom is -0.748 e. The Kier molecular flexibility index (Phi) is 15.7. The second-order valence-corrected chi connectivity index (χ2v) is 7.10. The van der Waals surface area contributed by atoms with E-state index in [0.29, 0.717) is 12.8 Å². The zero-order valence-electron chi connectivity index (χ0n) is 13.3. The van der Waals surface area contributed by atoms with Gasteiger partial charge in [-0.05, 0) is 26.2 Å². The summed E-state index contributed by atoms with van der Waals surface area (Å²) in [4.78, 5) is 0. The number of unbranched alkanes of at least 4 members (excludes halogenated alkanes) is 5. The second kappa shape index (κ2) is 13.5. The summed E-state index contributed by atoms with van der Waals surface area (Å²) in [6.45, 7) is 3.71. The first kappa shape index (κ1) is 23.1. The van der Waals surface area contributed by atoms with Crippen LogP contribution in [-0.4, -0.2) is 29.4 Å². The molecule has 0 aromatic carbocycles. The van der Waals surface area contributed by atoms with Gasteiger partial charge in [0.15, 0.2) is 0 Å². The Balaban J connectivity index is 0. The van der Waals surface area contributed by atoms with E-state index in [-0.39, 0.29) is 35.7 Å². The monoisotopic (exact) mass is 316 g/mol. The van der Waals surface area contributed by atoms with Gasteiger partial charge in [-0.15, -0.1) is 0 Å². The number of rotatable bonds is 12. The average Bonchev–Trinajstić information content (AvgIpc) is 2.29. The molecule has 0 saturated heterocycles. The molecule has 0 rings (SSSR count). The van der Waals surface area contributed by atoms with Gasteiger partial charge < -0.3 is 9.66 Å². The summed E-state index contributed by atoms with van der Waals surface area (Å²) in [7, 11) is -4.12. The van der Waals surface area contributed by atoms with Crippen molar-refractivity contribution >= 4 is 10.1 Å². The smallest absolute Gasteiger partial charge is 0.748 e. The van der Waals surface area contributed by atoms with Gasteiger partial charge in [-0.2, -0.15) is 0 Å². The first-order valence-electron chi connectivity index (χ1n) is 7.50. The molecule has 2 unspecified atom stereocenters. The Hall–Kier alpha value is 0.870. The Morgan fingerprint density at radius 2 is 1.40 bits per heavy atom. The first-order valence-corrected chi connectivity index (χ1v) is 8.97. The van der Waals surface area contributed by atoms with Crippen LogP contribution in [0.25, 0.3) is 0 Å². The van der Waals surface area contributed by atoms with E-state index in [1.807, 2.05) is 6.92 Å². The molecule has 1 N–H and O–H groups in total. The summed E-state index contributed by atoms with van der Waals surface area (Å²) in [5.41, 5.74) is 0. The molecular weight excluding hydrogens is 287 g/mol. The van der Waals surface area contributed by atoms with E-state index in [1.165, 1.54) is 0 Å². The van der Waals surface area contributed by atoms with Crippen molar-refractivity contribution in [1.29, 1.82) is 0 Å². The molecule has 0 saturated carbocycles. The summed E-state index contributed by atoms with van der Waals surface area (Å²) in [6.07, 6.45) is 8.55. The van der Waals surface area contributed by atoms with E-state index in [2.05, 4.69) is 0 Å². The van der Waals surface area contributed by atoms with Crippen LogP contribution in [0.2, 0.25) is 0 Å². The molecule has 0 fully saturated rings. The van der Waals surface area contributed by atoms with Crippen molar-refractivity contribution in [3.05, 3.63) is 0 Å². The molecule has 6 heteroatoms. The van der Waals surface area contributed by atoms with Crippen molar-refractivity contribution in [1.82, 2.24) is 0 Å². The fraction of sp³-hybridized carbons (Fsp3) is 1.00. The summed E-state index contributed by atoms with van der Waals surface area (Å²) in [5.74, 6) is 0. The molecule has 0 aliphatic carbocycles. The summed E-state index contributed by atoms with van der Waals surface area (Å²) < 4.78 is 33.0. The number of aliphatic hydroxyl groups is 1. The predicted molar refractivity (Wildman–Crippen MR) is 77.0 cm³/mol. The summed E-state index contributed by atoms with van der Waals surface area (Å²) in [5, 5.41) is 8.41. The second-order valence-electron chi connectivity index (χ2n) is 5.45. The Morgan fingerprint density at radius 1 is 0.950 bits per heavy atom. The van der Waals surface area contributed by atoms with E-state index in [4.69, 9.17) is 5.11 Å². The summed E-state index contributed by atoms with van der Waals surface area (Å²) in [6, 6.07) is 0. The Labute approximate surface area is 146 Å². The van der Waals surface area contributed by atoms with Gasteiger partial charge in [0.25, 0.3) is 0 Å². The van der Waals surface area contributed by atoms with Crippen molar-refractivity contribution in [2.45, 2.75) is 89.4 Å². The molecule has 0 amide bonds. The molecule has 0 radical (unpaired) electrons. The van der Waals surface area contributed by atoms with E-state index in [9.17, 15) is 13.0 Å². The van der Waals surface area contributed by atoms with Crippen LogP contribution in [0.3, 0.4) is 0 Å². The quantitative estimate of drug-likeness (QED) is 0.317. The van der Waals surface area contributed by atoms with Crippen molar-refractivity contribution in [3.8, 4) is 0 Å². The van der Waals surface area contributed by atoms with Gasteiger partial charge in [-0.25, -0.2) is 8.42 Å². The molecule has 0 aromatic heterocycles. The van der Waals surface area contributed by atoms with Crippen molar-refractivity contribution in [3.63, 3.8) is 0 Å². The number of hydrogen-bond donors (Lipinski definition) is 1. The maximum Gasteiger partial charge on any atom is 1.00 e. The molecule has 2 atom stereocenters. The van der Waals surface area contributed by atoms with Gasteiger partial charge >= 0.3 is 29.6 Å². The van der Waals surface area contributed by atoms with Crippen LogP contribution >= 0.6 is 0 Å². The molecule has 0 bridgehead atoms. The predicted octanol–water partition coefficient (Wildman–Crippen LogP) is 0.206. The normalized spacial score (nSPS) is 14.6. The van der Waals surface area contributed by atoms with Crippen LogP contribution in [0.5, 0.6) is 0 Å². The molecule has 116 valence electrons. The van der Waals surface area contributed by atoms with Crippen molar-refractivity contribution < 1.29 is 47.6 Å². The minimum atomic E-state index is -4.12. The van der Waals surface area contributed by atoms with E-state index in [0.717, 1.165) is 51.4 Å². The standard InChI is InChI=1S/C14H30O4S.Na/c1-3-10-14(19(16,17)18)12-9-7-5-4-6-8-11-13(2)15;/h13-15H,3-12H2,1-2H3,(H,16,17,18);/q;+1/p-1. The molecule has 0 heterocycles. The molecule has 0 aromatic rings. The topological polar surface area (TPSA) is 77.4 Å². The SMILES string of the molecule is CCCC(CCCCCCCCC(C)O)S(=O)(=O)[O-].[Na+]. The number of hydrogen-bond acceptors (Lipinski definition) is 4. The van der Waals surface area contributed by atoms with Gasteiger partial charge in [0, 0.05) is 5.25 Å². The van der Waals surface area contributed by atoms with Gasteiger partial charge in [0.05, 0.1) is 16.2 Å². The van der Waals surface area contributed by atoms with E-state index in [1.54, 1.807) is 6.92 Å². The van der Waals surface area contributed by atoms with Crippen LogP contribution in [0.4, 0.5) is 0 Å². The first-order chi connectivity index (χ1) is 8.88. The molecule has 0 spiro atoms. The van der Waals surface area contributed by atoms with Gasteiger partial charge in [0.2, 0.25) is 0 Å². The summed E-state index contributed by atoms with van der Waals surface area (Å²) >= 11 is 0. The molecular formula is C14H29NaO4S. The van der Waals surface area contributed by atoms with Crippen LogP contribution in [0.15, 0.2) is 0 Å². The third kappa shape index (κ3) is 13.8. The van der Waals surface area contributed by atoms with Crippen LogP contribution in [0.1, 0.15) is 78.1 Å². The van der Waals surface area contributed by atoms with Gasteiger partial charge in [-0.1, -0.05) is 51.9 Å². The van der Waals surface area contributed by atoms with Gasteiger partial charge in [0.1, 0.15) is 0 Å². The zero-order valence-corrected chi connectivity index (χ0v) is 16.1. The maximum atomic E-state index is 11.0. The molecule has 0 aliphatic heterocycles. The molecule has 4 nitrogen and oxygen atoms in total. The average molecular weight is 316 g/mol. The Bertz CT molecular complexity index is 304. The molecule has 20 heavy (non-hydrogen) atoms. The molecule has 0 aliphatic rings. The van der Waals surface area contributed by atoms with Crippen molar-refractivity contribution in [2.75, 3.05) is 0 Å². The fourth-order valence-electron chi connectivity index (χ4n) is 2.27. The minimum absolute atomic E-state index is 0. The maximum absolute atomic E-state index is 11.0. The Morgan fingerprint density at radius 3 is 1.80 bits per heavy atom. The number of aliphatic hydroxyl groups excluding tert-OH is 1.